The quantitative estimate of drug-likeness (QED) is 0.669. The minimum Gasteiger partial charge on any atom is -0.308 e. The van der Waals surface area contributed by atoms with Crippen molar-refractivity contribution in [3.8, 4) is 0 Å². The Kier molecular flexibility index (Phi) is 3.88. The first-order valence-corrected chi connectivity index (χ1v) is 6.21. The third-order valence-corrected chi connectivity index (χ3v) is 3.08. The lowest BCUT2D eigenvalue weighted by atomic mass is 10.3. The number of amides is 2. The molecule has 0 aliphatic rings. The number of nitro groups is 1. The first-order chi connectivity index (χ1) is 9.88. The van der Waals surface area contributed by atoms with Crippen molar-refractivity contribution in [1.29, 1.82) is 0 Å². The lowest BCUT2D eigenvalue weighted by molar-refractivity contribution is -0.384. The monoisotopic (exact) mass is 289 g/mol. The van der Waals surface area contributed by atoms with Gasteiger partial charge in [0, 0.05) is 24.9 Å². The lowest BCUT2D eigenvalue weighted by Crippen LogP contribution is -2.20. The second kappa shape index (κ2) is 5.61. The highest BCUT2D eigenvalue weighted by Gasteiger charge is 2.12. The summed E-state index contributed by atoms with van der Waals surface area (Å²) in [6.45, 7) is 3.65. The number of aromatic nitrogens is 2. The van der Waals surface area contributed by atoms with Crippen molar-refractivity contribution in [1.82, 2.24) is 9.78 Å². The molecule has 0 aliphatic heterocycles. The van der Waals surface area contributed by atoms with Crippen LogP contribution in [0.15, 0.2) is 24.3 Å². The number of carbonyl (C=O) groups is 1. The highest BCUT2D eigenvalue weighted by molar-refractivity contribution is 6.00. The molecule has 2 aromatic rings. The Hall–Kier alpha value is -2.90. The van der Waals surface area contributed by atoms with Crippen molar-refractivity contribution >= 4 is 23.1 Å². The molecule has 110 valence electrons. The van der Waals surface area contributed by atoms with Crippen molar-refractivity contribution in [3.63, 3.8) is 0 Å². The average Bonchev–Trinajstić information content (AvgIpc) is 2.66. The third-order valence-electron chi connectivity index (χ3n) is 3.08. The lowest BCUT2D eigenvalue weighted by Gasteiger charge is -2.07. The third kappa shape index (κ3) is 3.16. The SMILES string of the molecule is Cc1nn(C)c(C)c1NC(=O)Nc1ccc([N+](=O)[O-])cc1. The number of rotatable bonds is 3. The van der Waals surface area contributed by atoms with Gasteiger partial charge in [-0.05, 0) is 26.0 Å². The number of non-ortho nitro benzene ring substituents is 1. The summed E-state index contributed by atoms with van der Waals surface area (Å²) in [4.78, 5) is 22.0. The van der Waals surface area contributed by atoms with Crippen LogP contribution in [0, 0.1) is 24.0 Å². The van der Waals surface area contributed by atoms with Gasteiger partial charge in [0.15, 0.2) is 0 Å². The number of carbonyl (C=O) groups excluding carboxylic acids is 1. The molecule has 0 radical (unpaired) electrons. The molecule has 0 saturated carbocycles. The fourth-order valence-corrected chi connectivity index (χ4v) is 1.90. The Bertz CT molecular complexity index is 691. The van der Waals surface area contributed by atoms with Crippen LogP contribution in [-0.4, -0.2) is 20.7 Å². The van der Waals surface area contributed by atoms with E-state index >= 15 is 0 Å². The zero-order chi connectivity index (χ0) is 15.6. The molecule has 0 spiro atoms. The van der Waals surface area contributed by atoms with Crippen molar-refractivity contribution in [3.05, 3.63) is 45.8 Å². The zero-order valence-corrected chi connectivity index (χ0v) is 11.9. The molecule has 0 saturated heterocycles. The number of benzene rings is 1. The van der Waals surface area contributed by atoms with Crippen LogP contribution in [0.1, 0.15) is 11.4 Å². The highest BCUT2D eigenvalue weighted by Crippen LogP contribution is 2.19. The van der Waals surface area contributed by atoms with E-state index in [1.165, 1.54) is 24.3 Å². The first-order valence-electron chi connectivity index (χ1n) is 6.21. The number of nitro benzene ring substituents is 1. The molecular formula is C13H15N5O3. The molecule has 1 heterocycles. The van der Waals surface area contributed by atoms with E-state index in [9.17, 15) is 14.9 Å². The van der Waals surface area contributed by atoms with E-state index in [1.54, 1.807) is 18.7 Å². The van der Waals surface area contributed by atoms with Crippen molar-refractivity contribution in [2.24, 2.45) is 7.05 Å². The van der Waals surface area contributed by atoms with Gasteiger partial charge in [0.2, 0.25) is 0 Å². The minimum absolute atomic E-state index is 0.0279. The van der Waals surface area contributed by atoms with E-state index in [1.807, 2.05) is 6.92 Å². The fourth-order valence-electron chi connectivity index (χ4n) is 1.90. The minimum atomic E-state index is -0.494. The van der Waals surface area contributed by atoms with Gasteiger partial charge >= 0.3 is 6.03 Å². The van der Waals surface area contributed by atoms with Crippen LogP contribution in [0.25, 0.3) is 0 Å². The van der Waals surface area contributed by atoms with Crippen LogP contribution < -0.4 is 10.6 Å². The predicted molar refractivity (Wildman–Crippen MR) is 78.4 cm³/mol. The van der Waals surface area contributed by atoms with Crippen molar-refractivity contribution in [2.75, 3.05) is 10.6 Å². The van der Waals surface area contributed by atoms with Gasteiger partial charge in [0.05, 0.1) is 22.0 Å². The van der Waals surface area contributed by atoms with E-state index in [0.29, 0.717) is 17.1 Å². The van der Waals surface area contributed by atoms with Crippen molar-refractivity contribution in [2.45, 2.75) is 13.8 Å². The molecule has 1 aromatic carbocycles. The number of anilines is 2. The van der Waals surface area contributed by atoms with Gasteiger partial charge in [-0.1, -0.05) is 0 Å². The molecule has 2 rings (SSSR count). The Morgan fingerprint density at radius 2 is 1.86 bits per heavy atom. The molecule has 8 nitrogen and oxygen atoms in total. The summed E-state index contributed by atoms with van der Waals surface area (Å²) in [6.07, 6.45) is 0. The Morgan fingerprint density at radius 1 is 1.24 bits per heavy atom. The molecule has 0 unspecified atom stereocenters. The molecule has 2 amide bonds. The van der Waals surface area contributed by atoms with E-state index in [0.717, 1.165) is 5.69 Å². The molecule has 0 aliphatic carbocycles. The van der Waals surface area contributed by atoms with Gasteiger partial charge < -0.3 is 10.6 Å². The molecule has 1 aromatic heterocycles. The molecular weight excluding hydrogens is 274 g/mol. The molecule has 2 N–H and O–H groups in total. The van der Waals surface area contributed by atoms with Crippen LogP contribution in [0.5, 0.6) is 0 Å². The van der Waals surface area contributed by atoms with Crippen LogP contribution in [-0.2, 0) is 7.05 Å². The number of nitrogens with one attached hydrogen (secondary N) is 2. The Morgan fingerprint density at radius 3 is 2.33 bits per heavy atom. The topological polar surface area (TPSA) is 102 Å². The van der Waals surface area contributed by atoms with Gasteiger partial charge in [-0.25, -0.2) is 4.79 Å². The second-order valence-corrected chi connectivity index (χ2v) is 4.55. The van der Waals surface area contributed by atoms with Gasteiger partial charge in [-0.15, -0.1) is 0 Å². The summed E-state index contributed by atoms with van der Waals surface area (Å²) in [6, 6.07) is 5.18. The van der Waals surface area contributed by atoms with E-state index in [2.05, 4.69) is 15.7 Å². The van der Waals surface area contributed by atoms with Crippen LogP contribution in [0.2, 0.25) is 0 Å². The number of urea groups is 1. The maximum Gasteiger partial charge on any atom is 0.323 e. The molecule has 0 fully saturated rings. The Labute approximate surface area is 120 Å². The first kappa shape index (κ1) is 14.5. The van der Waals surface area contributed by atoms with E-state index < -0.39 is 11.0 Å². The normalized spacial score (nSPS) is 10.2. The summed E-state index contributed by atoms with van der Waals surface area (Å²) in [5, 5.41) is 20.1. The maximum absolute atomic E-state index is 11.9. The van der Waals surface area contributed by atoms with Gasteiger partial charge in [-0.2, -0.15) is 5.10 Å². The van der Waals surface area contributed by atoms with Gasteiger partial charge in [0.1, 0.15) is 0 Å². The summed E-state index contributed by atoms with van der Waals surface area (Å²) in [7, 11) is 1.79. The van der Waals surface area contributed by atoms with Crippen LogP contribution in [0.4, 0.5) is 21.9 Å². The fraction of sp³-hybridized carbons (Fsp3) is 0.231. The number of nitrogens with zero attached hydrogens (tertiary/aromatic N) is 3. The van der Waals surface area contributed by atoms with E-state index in [-0.39, 0.29) is 5.69 Å². The summed E-state index contributed by atoms with van der Waals surface area (Å²) in [5.41, 5.74) is 2.65. The van der Waals surface area contributed by atoms with Crippen LogP contribution in [0.3, 0.4) is 0 Å². The van der Waals surface area contributed by atoms with Gasteiger partial charge in [0.25, 0.3) is 5.69 Å². The van der Waals surface area contributed by atoms with E-state index in [4.69, 9.17) is 0 Å². The molecule has 0 bridgehead atoms. The summed E-state index contributed by atoms with van der Waals surface area (Å²) < 4.78 is 1.68. The van der Waals surface area contributed by atoms with Gasteiger partial charge in [-0.3, -0.25) is 14.8 Å². The summed E-state index contributed by atoms with van der Waals surface area (Å²) >= 11 is 0. The Balaban J connectivity index is 2.06. The molecule has 21 heavy (non-hydrogen) atoms. The largest absolute Gasteiger partial charge is 0.323 e. The molecule has 8 heteroatoms. The highest BCUT2D eigenvalue weighted by atomic mass is 16.6. The standard InChI is InChI=1S/C13H15N5O3/c1-8-12(9(2)17(3)16-8)15-13(19)14-10-4-6-11(7-5-10)18(20)21/h4-7H,1-3H3,(H2,14,15,19). The zero-order valence-electron chi connectivity index (χ0n) is 11.9. The predicted octanol–water partition coefficient (Wildman–Crippen LogP) is 2.59. The number of hydrogen-bond acceptors (Lipinski definition) is 4. The van der Waals surface area contributed by atoms with Crippen molar-refractivity contribution < 1.29 is 9.72 Å². The number of aryl methyl sites for hydroxylation is 2. The molecule has 0 atom stereocenters. The second-order valence-electron chi connectivity index (χ2n) is 4.55. The average molecular weight is 289 g/mol. The maximum atomic E-state index is 11.9. The number of hydrogen-bond donors (Lipinski definition) is 2. The summed E-state index contributed by atoms with van der Waals surface area (Å²) in [5.74, 6) is 0. The smallest absolute Gasteiger partial charge is 0.308 e. The van der Waals surface area contributed by atoms with Crippen LogP contribution >= 0.6 is 0 Å².